The summed E-state index contributed by atoms with van der Waals surface area (Å²) in [7, 11) is 0. The van der Waals surface area contributed by atoms with Crippen molar-refractivity contribution in [2.45, 2.75) is 52.2 Å². The van der Waals surface area contributed by atoms with Crippen LogP contribution in [0.25, 0.3) is 0 Å². The molecule has 1 aliphatic rings. The Bertz CT molecular complexity index is 815. The van der Waals surface area contributed by atoms with Crippen LogP contribution in [0.2, 0.25) is 0 Å². The molecule has 6 nitrogen and oxygen atoms in total. The van der Waals surface area contributed by atoms with Gasteiger partial charge in [0.15, 0.2) is 0 Å². The number of amides is 1. The number of aliphatic hydroxyl groups is 1. The Kier molecular flexibility index (Phi) is 5.56. The summed E-state index contributed by atoms with van der Waals surface area (Å²) in [5.74, 6) is 0.651. The highest BCUT2D eigenvalue weighted by Gasteiger charge is 2.37. The van der Waals surface area contributed by atoms with Gasteiger partial charge < -0.3 is 14.7 Å². The van der Waals surface area contributed by atoms with E-state index in [0.29, 0.717) is 18.7 Å². The van der Waals surface area contributed by atoms with E-state index in [0.717, 1.165) is 17.7 Å². The largest absolute Gasteiger partial charge is 0.491 e. The maximum atomic E-state index is 12.9. The van der Waals surface area contributed by atoms with Crippen LogP contribution in [0.15, 0.2) is 30.5 Å². The van der Waals surface area contributed by atoms with Crippen LogP contribution < -0.4 is 4.74 Å². The molecule has 0 bridgehead atoms. The van der Waals surface area contributed by atoms with Gasteiger partial charge in [-0.2, -0.15) is 5.10 Å². The van der Waals surface area contributed by atoms with Crippen LogP contribution in [0, 0.1) is 13.8 Å². The lowest BCUT2D eigenvalue weighted by Gasteiger charge is -2.39. The topological polar surface area (TPSA) is 67.6 Å². The molecule has 2 heterocycles. The Morgan fingerprint density at radius 3 is 2.78 bits per heavy atom. The zero-order chi connectivity index (χ0) is 19.6. The highest BCUT2D eigenvalue weighted by molar-refractivity contribution is 5.92. The standard InChI is InChI=1S/C21H29N3O3/c1-15(2)24-19(8-10-22-24)20(25)23-11-5-9-21(26,13-23)14-27-18-7-6-16(3)17(4)12-18/h6-8,10,12,15,26H,5,9,11,13-14H2,1-4H3. The van der Waals surface area contributed by atoms with E-state index in [1.807, 2.05) is 39.0 Å². The maximum Gasteiger partial charge on any atom is 0.272 e. The SMILES string of the molecule is Cc1ccc(OCC2(O)CCCN(C(=O)c3ccnn3C(C)C)C2)cc1C. The summed E-state index contributed by atoms with van der Waals surface area (Å²) in [6.07, 6.45) is 3.01. The average Bonchev–Trinajstić information content (AvgIpc) is 3.12. The first kappa shape index (κ1) is 19.4. The van der Waals surface area contributed by atoms with Gasteiger partial charge in [-0.15, -0.1) is 0 Å². The molecule has 1 amide bonds. The molecule has 1 aromatic heterocycles. The second-order valence-corrected chi connectivity index (χ2v) is 7.84. The van der Waals surface area contributed by atoms with Crippen molar-refractivity contribution in [2.75, 3.05) is 19.7 Å². The van der Waals surface area contributed by atoms with Gasteiger partial charge >= 0.3 is 0 Å². The molecule has 1 atom stereocenters. The third kappa shape index (κ3) is 4.33. The molecule has 1 fully saturated rings. The number of piperidine rings is 1. The summed E-state index contributed by atoms with van der Waals surface area (Å²) in [6.45, 7) is 9.15. The molecule has 0 aliphatic carbocycles. The Balaban J connectivity index is 1.67. The Labute approximate surface area is 160 Å². The molecule has 6 heteroatoms. The van der Waals surface area contributed by atoms with Crippen molar-refractivity contribution in [3.8, 4) is 5.75 Å². The van der Waals surface area contributed by atoms with Gasteiger partial charge in [-0.25, -0.2) is 0 Å². The van der Waals surface area contributed by atoms with Gasteiger partial charge in [0.1, 0.15) is 23.7 Å². The summed E-state index contributed by atoms with van der Waals surface area (Å²) >= 11 is 0. The van der Waals surface area contributed by atoms with E-state index >= 15 is 0 Å². The third-order valence-corrected chi connectivity index (χ3v) is 5.21. The molecule has 2 aromatic rings. The molecule has 1 saturated heterocycles. The van der Waals surface area contributed by atoms with Crippen molar-refractivity contribution < 1.29 is 14.6 Å². The first-order valence-corrected chi connectivity index (χ1v) is 9.54. The van der Waals surface area contributed by atoms with Crippen molar-refractivity contribution in [3.63, 3.8) is 0 Å². The molecule has 1 aromatic carbocycles. The van der Waals surface area contributed by atoms with Crippen LogP contribution in [0.4, 0.5) is 0 Å². The zero-order valence-electron chi connectivity index (χ0n) is 16.6. The molecule has 27 heavy (non-hydrogen) atoms. The first-order valence-electron chi connectivity index (χ1n) is 9.54. The number of aryl methyl sites for hydroxylation is 2. The van der Waals surface area contributed by atoms with Crippen LogP contribution in [0.5, 0.6) is 5.75 Å². The number of nitrogens with zero attached hydrogens (tertiary/aromatic N) is 3. The number of rotatable bonds is 5. The summed E-state index contributed by atoms with van der Waals surface area (Å²) < 4.78 is 7.58. The lowest BCUT2D eigenvalue weighted by atomic mass is 9.93. The van der Waals surface area contributed by atoms with Crippen molar-refractivity contribution in [3.05, 3.63) is 47.3 Å². The van der Waals surface area contributed by atoms with E-state index in [1.54, 1.807) is 21.8 Å². The zero-order valence-corrected chi connectivity index (χ0v) is 16.6. The number of carbonyl (C=O) groups excluding carboxylic acids is 1. The number of benzene rings is 1. The van der Waals surface area contributed by atoms with E-state index in [9.17, 15) is 9.90 Å². The van der Waals surface area contributed by atoms with Crippen LogP contribution in [0.3, 0.4) is 0 Å². The van der Waals surface area contributed by atoms with Crippen LogP contribution in [-0.4, -0.2) is 51.0 Å². The molecular formula is C21H29N3O3. The summed E-state index contributed by atoms with van der Waals surface area (Å²) in [5, 5.41) is 15.3. The lowest BCUT2D eigenvalue weighted by molar-refractivity contribution is -0.0534. The molecule has 0 saturated carbocycles. The number of hydrogen-bond acceptors (Lipinski definition) is 4. The minimum atomic E-state index is -1.05. The molecular weight excluding hydrogens is 342 g/mol. The fourth-order valence-corrected chi connectivity index (χ4v) is 3.48. The van der Waals surface area contributed by atoms with Crippen LogP contribution in [0.1, 0.15) is 54.3 Å². The molecule has 3 rings (SSSR count). The van der Waals surface area contributed by atoms with Gasteiger partial charge in [-0.05, 0) is 69.9 Å². The van der Waals surface area contributed by atoms with Crippen LogP contribution >= 0.6 is 0 Å². The van der Waals surface area contributed by atoms with Gasteiger partial charge in [0.05, 0.1) is 6.54 Å². The first-order chi connectivity index (χ1) is 12.8. The predicted molar refractivity (Wildman–Crippen MR) is 104 cm³/mol. The van der Waals surface area contributed by atoms with Gasteiger partial charge in [0.25, 0.3) is 5.91 Å². The fraction of sp³-hybridized carbons (Fsp3) is 0.524. The van der Waals surface area contributed by atoms with Gasteiger partial charge in [-0.3, -0.25) is 9.48 Å². The van der Waals surface area contributed by atoms with E-state index in [2.05, 4.69) is 12.0 Å². The Morgan fingerprint density at radius 2 is 2.07 bits per heavy atom. The smallest absolute Gasteiger partial charge is 0.272 e. The number of hydrogen-bond donors (Lipinski definition) is 1. The second-order valence-electron chi connectivity index (χ2n) is 7.84. The number of carbonyl (C=O) groups is 1. The summed E-state index contributed by atoms with van der Waals surface area (Å²) in [5.41, 5.74) is 1.87. The highest BCUT2D eigenvalue weighted by atomic mass is 16.5. The Morgan fingerprint density at radius 1 is 1.30 bits per heavy atom. The number of ether oxygens (including phenoxy) is 1. The highest BCUT2D eigenvalue weighted by Crippen LogP contribution is 2.25. The fourth-order valence-electron chi connectivity index (χ4n) is 3.48. The predicted octanol–water partition coefficient (Wildman–Crippen LogP) is 3.13. The molecule has 0 spiro atoms. The normalized spacial score (nSPS) is 20.1. The van der Waals surface area contributed by atoms with E-state index in [4.69, 9.17) is 4.74 Å². The van der Waals surface area contributed by atoms with E-state index in [1.165, 1.54) is 5.56 Å². The third-order valence-electron chi connectivity index (χ3n) is 5.21. The molecule has 1 aliphatic heterocycles. The van der Waals surface area contributed by atoms with Crippen LogP contribution in [-0.2, 0) is 0 Å². The lowest BCUT2D eigenvalue weighted by Crippen LogP contribution is -2.53. The number of aromatic nitrogens is 2. The monoisotopic (exact) mass is 371 g/mol. The molecule has 0 radical (unpaired) electrons. The van der Waals surface area contributed by atoms with Crippen molar-refractivity contribution in [2.24, 2.45) is 0 Å². The number of β-amino-alcohol motifs (C(OH)–C–C–N with tert-alkyl or cyclic N) is 1. The summed E-state index contributed by atoms with van der Waals surface area (Å²) in [6, 6.07) is 7.75. The van der Waals surface area contributed by atoms with Crippen molar-refractivity contribution in [1.82, 2.24) is 14.7 Å². The number of likely N-dealkylation sites (tertiary alicyclic amines) is 1. The van der Waals surface area contributed by atoms with E-state index in [-0.39, 0.29) is 25.1 Å². The summed E-state index contributed by atoms with van der Waals surface area (Å²) in [4.78, 5) is 14.7. The quantitative estimate of drug-likeness (QED) is 0.877. The molecule has 146 valence electrons. The average molecular weight is 371 g/mol. The maximum absolute atomic E-state index is 12.9. The molecule has 1 N–H and O–H groups in total. The van der Waals surface area contributed by atoms with Crippen molar-refractivity contribution >= 4 is 5.91 Å². The molecule has 1 unspecified atom stereocenters. The van der Waals surface area contributed by atoms with Gasteiger partial charge in [0.2, 0.25) is 0 Å². The minimum Gasteiger partial charge on any atom is -0.491 e. The van der Waals surface area contributed by atoms with Gasteiger partial charge in [0, 0.05) is 18.8 Å². The minimum absolute atomic E-state index is 0.0921. The Hall–Kier alpha value is -2.34. The van der Waals surface area contributed by atoms with E-state index < -0.39 is 5.60 Å². The van der Waals surface area contributed by atoms with Crippen molar-refractivity contribution in [1.29, 1.82) is 0 Å². The second kappa shape index (κ2) is 7.72. The van der Waals surface area contributed by atoms with Gasteiger partial charge in [-0.1, -0.05) is 6.07 Å².